The van der Waals surface area contributed by atoms with Crippen LogP contribution in [0.1, 0.15) is 18.1 Å². The van der Waals surface area contributed by atoms with Gasteiger partial charge in [-0.15, -0.1) is 0 Å². The largest absolute Gasteiger partial charge is 0.364 e. The van der Waals surface area contributed by atoms with Crippen LogP contribution in [0.4, 0.5) is 0 Å². The Balaban J connectivity index is 1.69. The zero-order chi connectivity index (χ0) is 19.5. The molecule has 2 aliphatic heterocycles. The van der Waals surface area contributed by atoms with Crippen LogP contribution in [0.3, 0.4) is 0 Å². The van der Waals surface area contributed by atoms with Crippen LogP contribution in [0.25, 0.3) is 5.57 Å². The third kappa shape index (κ3) is 3.43. The molecule has 0 spiro atoms. The van der Waals surface area contributed by atoms with Crippen molar-refractivity contribution in [1.82, 2.24) is 19.7 Å². The molecule has 0 N–H and O–H groups in total. The lowest BCUT2D eigenvalue weighted by Gasteiger charge is -2.36. The Bertz CT molecular complexity index is 887. The third-order valence-corrected chi connectivity index (χ3v) is 5.41. The second-order valence-electron chi connectivity index (χ2n) is 7.07. The molecule has 2 aromatic rings. The maximum Gasteiger partial charge on any atom is 0.278 e. The fraction of sp³-hybridized carbons (Fsp3) is 0.318. The summed E-state index contributed by atoms with van der Waals surface area (Å²) in [5.74, 6) is -0.439. The maximum absolute atomic E-state index is 13.3. The number of hydrogen-bond donors (Lipinski definition) is 0. The fourth-order valence-electron chi connectivity index (χ4n) is 3.83. The van der Waals surface area contributed by atoms with Gasteiger partial charge in [-0.25, -0.2) is 0 Å². The van der Waals surface area contributed by atoms with Crippen LogP contribution >= 0.6 is 0 Å². The minimum Gasteiger partial charge on any atom is -0.364 e. The molecule has 3 heterocycles. The molecule has 0 unspecified atom stereocenters. The minimum absolute atomic E-state index is 0.211. The van der Waals surface area contributed by atoms with Crippen molar-refractivity contribution in [3.8, 4) is 0 Å². The van der Waals surface area contributed by atoms with Gasteiger partial charge in [0.25, 0.3) is 11.8 Å². The quantitative estimate of drug-likeness (QED) is 0.747. The zero-order valence-electron chi connectivity index (χ0n) is 16.0. The number of piperazine rings is 1. The van der Waals surface area contributed by atoms with Crippen LogP contribution in [0.15, 0.2) is 60.6 Å². The summed E-state index contributed by atoms with van der Waals surface area (Å²) in [7, 11) is 0. The molecule has 2 aliphatic rings. The summed E-state index contributed by atoms with van der Waals surface area (Å²) in [6, 6.07) is 13.2. The van der Waals surface area contributed by atoms with Crippen LogP contribution in [0.5, 0.6) is 0 Å². The first-order valence-corrected chi connectivity index (χ1v) is 9.71. The number of amides is 2. The Hall–Kier alpha value is -2.99. The Morgan fingerprint density at radius 1 is 0.929 bits per heavy atom. The lowest BCUT2D eigenvalue weighted by atomic mass is 10.0. The standard InChI is InChI=1S/C22H24N4O2/c1-2-24-11-13-25(14-12-24)20-19(18-8-4-3-5-9-18)21(27)26(22(20)28)16-17-7-6-10-23-15-17/h3-10,15H,2,11-14,16H2,1H3. The van der Waals surface area contributed by atoms with Crippen LogP contribution in [-0.4, -0.2) is 64.2 Å². The van der Waals surface area contributed by atoms with E-state index in [4.69, 9.17) is 0 Å². The highest BCUT2D eigenvalue weighted by atomic mass is 16.2. The van der Waals surface area contributed by atoms with E-state index in [1.807, 2.05) is 42.5 Å². The molecular weight excluding hydrogens is 352 g/mol. The van der Waals surface area contributed by atoms with E-state index in [1.165, 1.54) is 4.90 Å². The summed E-state index contributed by atoms with van der Waals surface area (Å²) in [5, 5.41) is 0. The summed E-state index contributed by atoms with van der Waals surface area (Å²) >= 11 is 0. The normalized spacial score (nSPS) is 18.3. The Labute approximate surface area is 165 Å². The zero-order valence-corrected chi connectivity index (χ0v) is 16.0. The minimum atomic E-state index is -0.229. The number of carbonyl (C=O) groups is 2. The molecule has 1 fully saturated rings. The summed E-state index contributed by atoms with van der Waals surface area (Å²) in [6.07, 6.45) is 3.38. The van der Waals surface area contributed by atoms with Gasteiger partial charge in [0.2, 0.25) is 0 Å². The average Bonchev–Trinajstić information content (AvgIpc) is 3.00. The summed E-state index contributed by atoms with van der Waals surface area (Å²) < 4.78 is 0. The molecule has 144 valence electrons. The van der Waals surface area contributed by atoms with Crippen molar-refractivity contribution < 1.29 is 9.59 Å². The number of rotatable bonds is 5. The summed E-state index contributed by atoms with van der Waals surface area (Å²) in [4.78, 5) is 36.5. The molecule has 1 saturated heterocycles. The molecule has 28 heavy (non-hydrogen) atoms. The van der Waals surface area contributed by atoms with Crippen molar-refractivity contribution in [2.24, 2.45) is 0 Å². The molecule has 1 aromatic carbocycles. The number of imide groups is 1. The highest BCUT2D eigenvalue weighted by Gasteiger charge is 2.42. The lowest BCUT2D eigenvalue weighted by Crippen LogP contribution is -2.47. The van der Waals surface area contributed by atoms with Crippen LogP contribution in [0.2, 0.25) is 0 Å². The van der Waals surface area contributed by atoms with E-state index in [2.05, 4.69) is 21.7 Å². The van der Waals surface area contributed by atoms with Crippen molar-refractivity contribution in [1.29, 1.82) is 0 Å². The van der Waals surface area contributed by atoms with Crippen molar-refractivity contribution >= 4 is 17.4 Å². The molecule has 6 nitrogen and oxygen atoms in total. The third-order valence-electron chi connectivity index (χ3n) is 5.41. The predicted molar refractivity (Wildman–Crippen MR) is 107 cm³/mol. The monoisotopic (exact) mass is 376 g/mol. The fourth-order valence-corrected chi connectivity index (χ4v) is 3.83. The van der Waals surface area contributed by atoms with Gasteiger partial charge in [0.15, 0.2) is 0 Å². The highest BCUT2D eigenvalue weighted by Crippen LogP contribution is 2.33. The van der Waals surface area contributed by atoms with Crippen LogP contribution in [-0.2, 0) is 16.1 Å². The van der Waals surface area contributed by atoms with E-state index in [9.17, 15) is 9.59 Å². The number of benzene rings is 1. The van der Waals surface area contributed by atoms with Gasteiger partial charge < -0.3 is 9.80 Å². The molecule has 0 atom stereocenters. The van der Waals surface area contributed by atoms with E-state index in [-0.39, 0.29) is 18.4 Å². The molecule has 0 radical (unpaired) electrons. The Morgan fingerprint density at radius 3 is 2.32 bits per heavy atom. The van der Waals surface area contributed by atoms with Gasteiger partial charge in [-0.2, -0.15) is 0 Å². The lowest BCUT2D eigenvalue weighted by molar-refractivity contribution is -0.138. The van der Waals surface area contributed by atoms with Gasteiger partial charge >= 0.3 is 0 Å². The van der Waals surface area contributed by atoms with Gasteiger partial charge in [0, 0.05) is 38.6 Å². The molecule has 6 heteroatoms. The van der Waals surface area contributed by atoms with Gasteiger partial charge in [0.05, 0.1) is 12.1 Å². The average molecular weight is 376 g/mol. The van der Waals surface area contributed by atoms with Gasteiger partial charge in [-0.3, -0.25) is 19.5 Å². The van der Waals surface area contributed by atoms with Gasteiger partial charge in [-0.05, 0) is 23.7 Å². The van der Waals surface area contributed by atoms with Crippen LogP contribution < -0.4 is 0 Å². The van der Waals surface area contributed by atoms with Crippen LogP contribution in [0, 0.1) is 0 Å². The Kier molecular flexibility index (Phi) is 5.21. The number of carbonyl (C=O) groups excluding carboxylic acids is 2. The molecule has 2 amide bonds. The first-order chi connectivity index (χ1) is 13.7. The maximum atomic E-state index is 13.3. The summed E-state index contributed by atoms with van der Waals surface area (Å²) in [6.45, 7) is 6.67. The predicted octanol–water partition coefficient (Wildman–Crippen LogP) is 2.00. The molecule has 1 aromatic heterocycles. The number of aromatic nitrogens is 1. The summed E-state index contributed by atoms with van der Waals surface area (Å²) in [5.41, 5.74) is 2.69. The van der Waals surface area contributed by atoms with Crippen molar-refractivity contribution in [2.75, 3.05) is 32.7 Å². The second kappa shape index (κ2) is 7.94. The van der Waals surface area contributed by atoms with Crippen molar-refractivity contribution in [3.63, 3.8) is 0 Å². The van der Waals surface area contributed by atoms with E-state index in [1.54, 1.807) is 12.4 Å². The van der Waals surface area contributed by atoms with Crippen molar-refractivity contribution in [2.45, 2.75) is 13.5 Å². The van der Waals surface area contributed by atoms with E-state index in [0.717, 1.165) is 43.9 Å². The molecular formula is C22H24N4O2. The van der Waals surface area contributed by atoms with Gasteiger partial charge in [0.1, 0.15) is 5.70 Å². The number of nitrogens with zero attached hydrogens (tertiary/aromatic N) is 4. The van der Waals surface area contributed by atoms with E-state index < -0.39 is 0 Å². The highest BCUT2D eigenvalue weighted by molar-refractivity contribution is 6.35. The number of hydrogen-bond acceptors (Lipinski definition) is 5. The molecule has 0 saturated carbocycles. The Morgan fingerprint density at radius 2 is 1.68 bits per heavy atom. The van der Waals surface area contributed by atoms with Gasteiger partial charge in [-0.1, -0.05) is 43.3 Å². The smallest absolute Gasteiger partial charge is 0.278 e. The molecule has 4 rings (SSSR count). The first-order valence-electron chi connectivity index (χ1n) is 9.71. The number of likely N-dealkylation sites (N-methyl/N-ethyl adjacent to an activating group) is 1. The van der Waals surface area contributed by atoms with Crippen molar-refractivity contribution in [3.05, 3.63) is 71.7 Å². The topological polar surface area (TPSA) is 56.8 Å². The number of pyridine rings is 1. The second-order valence-corrected chi connectivity index (χ2v) is 7.07. The molecule has 0 aliphatic carbocycles. The molecule has 0 bridgehead atoms. The first kappa shape index (κ1) is 18.4. The SMILES string of the molecule is CCN1CCN(C2=C(c3ccccc3)C(=O)N(Cc3cccnc3)C2=O)CC1. The van der Waals surface area contributed by atoms with E-state index >= 15 is 0 Å². The van der Waals surface area contributed by atoms with E-state index in [0.29, 0.717) is 11.3 Å².